The quantitative estimate of drug-likeness (QED) is 0.856. The average Bonchev–Trinajstić information content (AvgIpc) is 3.29. The molecule has 1 saturated carbocycles. The maximum atomic E-state index is 12.7. The van der Waals surface area contributed by atoms with E-state index in [1.54, 1.807) is 6.07 Å². The molecule has 0 aliphatic heterocycles. The van der Waals surface area contributed by atoms with Crippen LogP contribution in [-0.2, 0) is 0 Å². The molecule has 0 radical (unpaired) electrons. The predicted octanol–water partition coefficient (Wildman–Crippen LogP) is 1.82. The summed E-state index contributed by atoms with van der Waals surface area (Å²) in [5.41, 5.74) is 7.83. The van der Waals surface area contributed by atoms with Crippen LogP contribution in [0, 0.1) is 30.1 Å². The molecule has 2 rings (SSSR count). The molecule has 21 heavy (non-hydrogen) atoms. The van der Waals surface area contributed by atoms with E-state index in [9.17, 15) is 4.79 Å². The first-order chi connectivity index (χ1) is 10.2. The first-order valence-corrected chi connectivity index (χ1v) is 7.14. The molecular weight excluding hydrogens is 262 g/mol. The summed E-state index contributed by atoms with van der Waals surface area (Å²) in [6, 6.07) is 8.02. The zero-order valence-electron chi connectivity index (χ0n) is 12.2. The van der Waals surface area contributed by atoms with Gasteiger partial charge in [-0.25, -0.2) is 0 Å². The lowest BCUT2D eigenvalue weighted by Gasteiger charge is -2.21. The van der Waals surface area contributed by atoms with Crippen LogP contribution in [0.1, 0.15) is 40.7 Å². The summed E-state index contributed by atoms with van der Waals surface area (Å²) in [4.78, 5) is 14.5. The Morgan fingerprint density at radius 3 is 2.81 bits per heavy atom. The predicted molar refractivity (Wildman–Crippen MR) is 81.4 cm³/mol. The van der Waals surface area contributed by atoms with Gasteiger partial charge >= 0.3 is 0 Å². The number of carbonyl (C=O) groups is 1. The number of benzene rings is 1. The number of nitriles is 1. The molecule has 1 amide bonds. The van der Waals surface area contributed by atoms with Crippen LogP contribution in [0.2, 0.25) is 0 Å². The summed E-state index contributed by atoms with van der Waals surface area (Å²) in [5.74, 6) is 5.77. The van der Waals surface area contributed by atoms with Gasteiger partial charge in [0.2, 0.25) is 0 Å². The van der Waals surface area contributed by atoms with Crippen molar-refractivity contribution in [1.29, 1.82) is 5.26 Å². The van der Waals surface area contributed by atoms with E-state index >= 15 is 0 Å². The van der Waals surface area contributed by atoms with Crippen LogP contribution < -0.4 is 5.73 Å². The number of aryl methyl sites for hydroxylation is 1. The number of rotatable bonds is 4. The van der Waals surface area contributed by atoms with E-state index in [0.717, 1.165) is 24.0 Å². The SMILES string of the molecule is Cc1cc(C#CCN)cc(C(=O)N(CCC#N)C2CC2)c1. The molecule has 0 saturated heterocycles. The van der Waals surface area contributed by atoms with Crippen LogP contribution in [0.4, 0.5) is 0 Å². The molecule has 1 aromatic rings. The van der Waals surface area contributed by atoms with Gasteiger partial charge in [-0.15, -0.1) is 0 Å². The van der Waals surface area contributed by atoms with Gasteiger partial charge in [0.25, 0.3) is 5.91 Å². The van der Waals surface area contributed by atoms with Crippen LogP contribution in [0.3, 0.4) is 0 Å². The maximum Gasteiger partial charge on any atom is 0.254 e. The molecule has 2 N–H and O–H groups in total. The smallest absolute Gasteiger partial charge is 0.254 e. The summed E-state index contributed by atoms with van der Waals surface area (Å²) in [5, 5.41) is 8.74. The molecule has 0 spiro atoms. The Balaban J connectivity index is 2.24. The molecule has 1 aromatic carbocycles. The number of hydrogen-bond acceptors (Lipinski definition) is 3. The van der Waals surface area contributed by atoms with Crippen LogP contribution in [0.15, 0.2) is 18.2 Å². The van der Waals surface area contributed by atoms with Crippen LogP contribution in [0.25, 0.3) is 0 Å². The summed E-state index contributed by atoms with van der Waals surface area (Å²) < 4.78 is 0. The van der Waals surface area contributed by atoms with Crippen molar-refractivity contribution in [2.75, 3.05) is 13.1 Å². The minimum atomic E-state index is -0.00718. The standard InChI is InChI=1S/C17H19N3O/c1-13-10-14(4-2-7-18)12-15(11-13)17(21)20(9-3-8-19)16-5-6-16/h10-12,16H,3,5-7,9,18H2,1H3. The van der Waals surface area contributed by atoms with Gasteiger partial charge in [0.1, 0.15) is 0 Å². The van der Waals surface area contributed by atoms with E-state index in [4.69, 9.17) is 11.0 Å². The van der Waals surface area contributed by atoms with Crippen LogP contribution >= 0.6 is 0 Å². The molecule has 1 fully saturated rings. The highest BCUT2D eigenvalue weighted by Crippen LogP contribution is 2.28. The second-order valence-corrected chi connectivity index (χ2v) is 5.23. The van der Waals surface area contributed by atoms with Crippen molar-refractivity contribution in [3.05, 3.63) is 34.9 Å². The normalized spacial score (nSPS) is 13.0. The third-order valence-corrected chi connectivity index (χ3v) is 3.37. The molecule has 4 heteroatoms. The molecule has 1 aliphatic carbocycles. The van der Waals surface area contributed by atoms with E-state index in [2.05, 4.69) is 17.9 Å². The molecule has 0 atom stereocenters. The summed E-state index contributed by atoms with van der Waals surface area (Å²) in [6.07, 6.45) is 2.43. The van der Waals surface area contributed by atoms with Crippen LogP contribution in [-0.4, -0.2) is 29.9 Å². The number of hydrogen-bond donors (Lipinski definition) is 1. The molecule has 108 valence electrons. The largest absolute Gasteiger partial charge is 0.335 e. The fourth-order valence-electron chi connectivity index (χ4n) is 2.30. The fraction of sp³-hybridized carbons (Fsp3) is 0.412. The maximum absolute atomic E-state index is 12.7. The minimum Gasteiger partial charge on any atom is -0.335 e. The molecule has 4 nitrogen and oxygen atoms in total. The van der Waals surface area contributed by atoms with Crippen molar-refractivity contribution in [2.24, 2.45) is 5.73 Å². The monoisotopic (exact) mass is 281 g/mol. The molecular formula is C17H19N3O. The van der Waals surface area contributed by atoms with Crippen molar-refractivity contribution in [1.82, 2.24) is 4.90 Å². The van der Waals surface area contributed by atoms with Gasteiger partial charge in [-0.2, -0.15) is 5.26 Å². The molecule has 1 aliphatic rings. The van der Waals surface area contributed by atoms with Gasteiger partial charge in [-0.05, 0) is 43.5 Å². The van der Waals surface area contributed by atoms with Crippen molar-refractivity contribution in [3.8, 4) is 17.9 Å². The molecule has 0 heterocycles. The number of nitrogens with zero attached hydrogens (tertiary/aromatic N) is 2. The van der Waals surface area contributed by atoms with Gasteiger partial charge in [-0.3, -0.25) is 4.79 Å². The van der Waals surface area contributed by atoms with Crippen LogP contribution in [0.5, 0.6) is 0 Å². The van der Waals surface area contributed by atoms with Gasteiger partial charge in [0.15, 0.2) is 0 Å². The first kappa shape index (κ1) is 15.1. The first-order valence-electron chi connectivity index (χ1n) is 7.14. The van der Waals surface area contributed by atoms with Gasteiger partial charge in [-0.1, -0.05) is 11.8 Å². The summed E-state index contributed by atoms with van der Waals surface area (Å²) in [7, 11) is 0. The number of nitrogens with two attached hydrogens (primary N) is 1. The Morgan fingerprint density at radius 1 is 1.43 bits per heavy atom. The van der Waals surface area contributed by atoms with E-state index in [1.165, 1.54) is 0 Å². The van der Waals surface area contributed by atoms with Crippen molar-refractivity contribution in [3.63, 3.8) is 0 Å². The Morgan fingerprint density at radius 2 is 2.19 bits per heavy atom. The zero-order valence-corrected chi connectivity index (χ0v) is 12.2. The number of carbonyl (C=O) groups excluding carboxylic acids is 1. The van der Waals surface area contributed by atoms with E-state index in [0.29, 0.717) is 31.1 Å². The lowest BCUT2D eigenvalue weighted by molar-refractivity contribution is 0.0746. The van der Waals surface area contributed by atoms with Gasteiger partial charge < -0.3 is 10.6 Å². The van der Waals surface area contributed by atoms with E-state index < -0.39 is 0 Å². The topological polar surface area (TPSA) is 70.1 Å². The second kappa shape index (κ2) is 6.92. The van der Waals surface area contributed by atoms with Crippen molar-refractivity contribution >= 4 is 5.91 Å². The Hall–Kier alpha value is -2.30. The highest BCUT2D eigenvalue weighted by atomic mass is 16.2. The average molecular weight is 281 g/mol. The highest BCUT2D eigenvalue weighted by molar-refractivity contribution is 5.95. The van der Waals surface area contributed by atoms with Crippen molar-refractivity contribution < 1.29 is 4.79 Å². The lowest BCUT2D eigenvalue weighted by atomic mass is 10.1. The Bertz CT molecular complexity index is 630. The minimum absolute atomic E-state index is 0.00718. The third-order valence-electron chi connectivity index (χ3n) is 3.37. The van der Waals surface area contributed by atoms with Gasteiger partial charge in [0.05, 0.1) is 19.0 Å². The lowest BCUT2D eigenvalue weighted by Crippen LogP contribution is -2.34. The van der Waals surface area contributed by atoms with E-state index in [1.807, 2.05) is 24.0 Å². The summed E-state index contributed by atoms with van der Waals surface area (Å²) in [6.45, 7) is 2.74. The van der Waals surface area contributed by atoms with Gasteiger partial charge in [0, 0.05) is 23.7 Å². The summed E-state index contributed by atoms with van der Waals surface area (Å²) >= 11 is 0. The molecule has 0 bridgehead atoms. The fourth-order valence-corrected chi connectivity index (χ4v) is 2.30. The Labute approximate surface area is 125 Å². The second-order valence-electron chi connectivity index (χ2n) is 5.23. The molecule has 0 unspecified atom stereocenters. The molecule has 0 aromatic heterocycles. The van der Waals surface area contributed by atoms with Crippen molar-refractivity contribution in [2.45, 2.75) is 32.2 Å². The van der Waals surface area contributed by atoms with E-state index in [-0.39, 0.29) is 5.91 Å². The number of amides is 1. The zero-order chi connectivity index (χ0) is 15.2. The Kier molecular flexibility index (Phi) is 4.98. The third kappa shape index (κ3) is 4.08. The highest BCUT2D eigenvalue weighted by Gasteiger charge is 2.32.